The summed E-state index contributed by atoms with van der Waals surface area (Å²) in [5.74, 6) is -1.45. The summed E-state index contributed by atoms with van der Waals surface area (Å²) in [6.07, 6.45) is 5.22. The van der Waals surface area contributed by atoms with Crippen molar-refractivity contribution < 1.29 is 26.4 Å². The Morgan fingerprint density at radius 3 is 2.56 bits per heavy atom. The number of sulfonamides is 1. The summed E-state index contributed by atoms with van der Waals surface area (Å²) in [6, 6.07) is 9.34. The van der Waals surface area contributed by atoms with E-state index in [0.717, 1.165) is 37.8 Å². The van der Waals surface area contributed by atoms with Crippen LogP contribution in [0, 0.1) is 11.6 Å². The fourth-order valence-corrected chi connectivity index (χ4v) is 5.41. The molecule has 1 aliphatic rings. The number of carbonyl (C=O) groups is 1. The molecule has 180 valence electrons. The summed E-state index contributed by atoms with van der Waals surface area (Å²) in [4.78, 5) is 16.6. The van der Waals surface area contributed by atoms with Crippen molar-refractivity contribution in [2.24, 2.45) is 0 Å². The first-order valence-corrected chi connectivity index (χ1v) is 12.6. The summed E-state index contributed by atoms with van der Waals surface area (Å²) in [6.45, 7) is 0.998. The van der Waals surface area contributed by atoms with Gasteiger partial charge < -0.3 is 9.73 Å². The molecule has 1 amide bonds. The maximum absolute atomic E-state index is 13.9. The van der Waals surface area contributed by atoms with Gasteiger partial charge in [-0.15, -0.1) is 0 Å². The lowest BCUT2D eigenvalue weighted by atomic mass is 10.2. The zero-order chi connectivity index (χ0) is 24.1. The second kappa shape index (κ2) is 10.4. The highest BCUT2D eigenvalue weighted by Crippen LogP contribution is 2.25. The first kappa shape index (κ1) is 24.0. The van der Waals surface area contributed by atoms with E-state index in [1.54, 1.807) is 12.1 Å². The summed E-state index contributed by atoms with van der Waals surface area (Å²) in [7, 11) is -3.63. The second-order valence-corrected chi connectivity index (χ2v) is 10.1. The van der Waals surface area contributed by atoms with Crippen LogP contribution in [0.1, 0.15) is 38.0 Å². The number of oxazole rings is 1. The number of anilines is 1. The number of aromatic nitrogens is 1. The lowest BCUT2D eigenvalue weighted by molar-refractivity contribution is -0.116. The van der Waals surface area contributed by atoms with E-state index in [-0.39, 0.29) is 40.9 Å². The average molecular weight is 490 g/mol. The lowest BCUT2D eigenvalue weighted by Crippen LogP contribution is -2.32. The third kappa shape index (κ3) is 5.68. The molecule has 0 bridgehead atoms. The molecule has 7 nitrogen and oxygen atoms in total. The van der Waals surface area contributed by atoms with E-state index >= 15 is 0 Å². The zero-order valence-electron chi connectivity index (χ0n) is 18.5. The molecule has 1 N–H and O–H groups in total. The topological polar surface area (TPSA) is 92.5 Å². The van der Waals surface area contributed by atoms with E-state index in [1.807, 2.05) is 0 Å². The van der Waals surface area contributed by atoms with Crippen LogP contribution in [0.15, 0.2) is 58.0 Å². The molecule has 1 saturated heterocycles. The number of aryl methyl sites for hydroxylation is 1. The molecule has 1 fully saturated rings. The quantitative estimate of drug-likeness (QED) is 0.517. The van der Waals surface area contributed by atoms with Crippen LogP contribution in [-0.4, -0.2) is 36.7 Å². The van der Waals surface area contributed by atoms with Crippen LogP contribution in [0.5, 0.6) is 0 Å². The largest absolute Gasteiger partial charge is 0.441 e. The maximum atomic E-state index is 13.9. The molecule has 0 saturated carbocycles. The maximum Gasteiger partial charge on any atom is 0.243 e. The summed E-state index contributed by atoms with van der Waals surface area (Å²) in [5, 5.41) is 2.70. The molecule has 4 rings (SSSR count). The van der Waals surface area contributed by atoms with Crippen LogP contribution in [0.3, 0.4) is 0 Å². The fourth-order valence-electron chi connectivity index (χ4n) is 3.85. The van der Waals surface area contributed by atoms with Crippen LogP contribution >= 0.6 is 0 Å². The van der Waals surface area contributed by atoms with E-state index in [0.29, 0.717) is 18.8 Å². The Balaban J connectivity index is 1.37. The summed E-state index contributed by atoms with van der Waals surface area (Å²) >= 11 is 0. The van der Waals surface area contributed by atoms with Gasteiger partial charge in [0, 0.05) is 37.7 Å². The molecule has 10 heteroatoms. The minimum atomic E-state index is -3.63. The fraction of sp³-hybridized carbons (Fsp3) is 0.333. The standard InChI is InChI=1S/C24H25F2N3O4S/c25-17-8-9-20(21(26)14-17)22-16-27-24(33-22)11-10-23(30)28-18-6-5-7-19(15-18)34(31,32)29-12-3-1-2-4-13-29/h5-9,14-16H,1-4,10-13H2,(H,28,30). The van der Waals surface area contributed by atoms with Gasteiger partial charge in [0.1, 0.15) is 11.6 Å². The van der Waals surface area contributed by atoms with Gasteiger partial charge in [-0.3, -0.25) is 4.79 Å². The van der Waals surface area contributed by atoms with Gasteiger partial charge in [0.15, 0.2) is 11.7 Å². The number of nitrogens with zero attached hydrogens (tertiary/aromatic N) is 2. The van der Waals surface area contributed by atoms with Crippen molar-refractivity contribution in [1.82, 2.24) is 9.29 Å². The van der Waals surface area contributed by atoms with Gasteiger partial charge in [-0.2, -0.15) is 4.31 Å². The molecule has 2 heterocycles. The van der Waals surface area contributed by atoms with Gasteiger partial charge >= 0.3 is 0 Å². The molecule has 1 aliphatic heterocycles. The third-order valence-corrected chi connectivity index (χ3v) is 7.53. The van der Waals surface area contributed by atoms with Crippen LogP contribution in [0.4, 0.5) is 14.5 Å². The van der Waals surface area contributed by atoms with E-state index in [4.69, 9.17) is 4.42 Å². The van der Waals surface area contributed by atoms with Crippen molar-refractivity contribution in [2.75, 3.05) is 18.4 Å². The number of carbonyl (C=O) groups excluding carboxylic acids is 1. The van der Waals surface area contributed by atoms with Crippen LogP contribution in [0.25, 0.3) is 11.3 Å². The molecule has 34 heavy (non-hydrogen) atoms. The highest BCUT2D eigenvalue weighted by molar-refractivity contribution is 7.89. The molecule has 0 radical (unpaired) electrons. The van der Waals surface area contributed by atoms with Crippen molar-refractivity contribution in [2.45, 2.75) is 43.4 Å². The van der Waals surface area contributed by atoms with E-state index in [9.17, 15) is 22.0 Å². The number of halogens is 2. The van der Waals surface area contributed by atoms with Crippen molar-refractivity contribution >= 4 is 21.6 Å². The number of hydrogen-bond donors (Lipinski definition) is 1. The second-order valence-electron chi connectivity index (χ2n) is 8.14. The van der Waals surface area contributed by atoms with Gasteiger partial charge in [-0.05, 0) is 43.2 Å². The lowest BCUT2D eigenvalue weighted by Gasteiger charge is -2.20. The van der Waals surface area contributed by atoms with Gasteiger partial charge in [0.05, 0.1) is 16.7 Å². The van der Waals surface area contributed by atoms with Crippen molar-refractivity contribution in [1.29, 1.82) is 0 Å². The van der Waals surface area contributed by atoms with Gasteiger partial charge in [-0.25, -0.2) is 22.2 Å². The molecule has 1 aromatic heterocycles. The van der Waals surface area contributed by atoms with Crippen LogP contribution in [-0.2, 0) is 21.2 Å². The first-order chi connectivity index (χ1) is 16.3. The highest BCUT2D eigenvalue weighted by Gasteiger charge is 2.25. The molecular weight excluding hydrogens is 464 g/mol. The predicted molar refractivity (Wildman–Crippen MR) is 122 cm³/mol. The van der Waals surface area contributed by atoms with Gasteiger partial charge in [0.25, 0.3) is 0 Å². The Morgan fingerprint density at radius 1 is 1.06 bits per heavy atom. The van der Waals surface area contributed by atoms with E-state index < -0.39 is 21.7 Å². The van der Waals surface area contributed by atoms with Gasteiger partial charge in [-0.1, -0.05) is 18.9 Å². The summed E-state index contributed by atoms with van der Waals surface area (Å²) in [5.41, 5.74) is 0.453. The van der Waals surface area contributed by atoms with Crippen LogP contribution in [0.2, 0.25) is 0 Å². The predicted octanol–water partition coefficient (Wildman–Crippen LogP) is 4.76. The number of hydrogen-bond acceptors (Lipinski definition) is 5. The SMILES string of the molecule is O=C(CCc1ncc(-c2ccc(F)cc2F)o1)Nc1cccc(S(=O)(=O)N2CCCCCC2)c1. The molecule has 0 aliphatic carbocycles. The molecule has 0 atom stereocenters. The number of nitrogens with one attached hydrogen (secondary N) is 1. The Morgan fingerprint density at radius 2 is 1.82 bits per heavy atom. The summed E-state index contributed by atoms with van der Waals surface area (Å²) < 4.78 is 60.0. The molecule has 3 aromatic rings. The highest BCUT2D eigenvalue weighted by atomic mass is 32.2. The first-order valence-electron chi connectivity index (χ1n) is 11.1. The van der Waals surface area contributed by atoms with Crippen LogP contribution < -0.4 is 5.32 Å². The monoisotopic (exact) mass is 489 g/mol. The average Bonchev–Trinajstić information content (AvgIpc) is 3.09. The number of benzene rings is 2. The molecule has 0 unspecified atom stereocenters. The normalized spacial score (nSPS) is 15.1. The van der Waals surface area contributed by atoms with Crippen molar-refractivity contribution in [3.05, 3.63) is 66.2 Å². The third-order valence-electron chi connectivity index (χ3n) is 5.64. The van der Waals surface area contributed by atoms with Crippen molar-refractivity contribution in [3.8, 4) is 11.3 Å². The number of rotatable bonds is 7. The minimum Gasteiger partial charge on any atom is -0.441 e. The Bertz CT molecular complexity index is 1270. The molecule has 2 aromatic carbocycles. The van der Waals surface area contributed by atoms with E-state index in [2.05, 4.69) is 10.3 Å². The Hall–Kier alpha value is -3.11. The van der Waals surface area contributed by atoms with E-state index in [1.165, 1.54) is 28.7 Å². The Kier molecular flexibility index (Phi) is 7.38. The molecular formula is C24H25F2N3O4S. The Labute approximate surface area is 196 Å². The minimum absolute atomic E-state index is 0.0228. The van der Waals surface area contributed by atoms with Gasteiger partial charge in [0.2, 0.25) is 15.9 Å². The zero-order valence-corrected chi connectivity index (χ0v) is 19.3. The smallest absolute Gasteiger partial charge is 0.243 e. The van der Waals surface area contributed by atoms with Crippen molar-refractivity contribution in [3.63, 3.8) is 0 Å². The molecule has 0 spiro atoms. The number of amides is 1.